The van der Waals surface area contributed by atoms with Gasteiger partial charge in [-0.05, 0) is 24.1 Å². The fraction of sp³-hybridized carbons (Fsp3) is 0.385. The number of benzene rings is 1. The Morgan fingerprint density at radius 1 is 1.16 bits per heavy atom. The molecule has 2 saturated heterocycles. The average molecular weight is 258 g/mol. The summed E-state index contributed by atoms with van der Waals surface area (Å²) < 4.78 is 0. The van der Waals surface area contributed by atoms with Gasteiger partial charge in [0.05, 0.1) is 11.0 Å². The molecular formula is C13H14N4O2. The van der Waals surface area contributed by atoms with Crippen molar-refractivity contribution in [3.05, 3.63) is 34.2 Å². The highest BCUT2D eigenvalue weighted by Gasteiger charge is 2.49. The molecule has 1 aromatic heterocycles. The maximum Gasteiger partial charge on any atom is 0.323 e. The van der Waals surface area contributed by atoms with Crippen molar-refractivity contribution < 1.29 is 4.79 Å². The van der Waals surface area contributed by atoms with Gasteiger partial charge in [0.25, 0.3) is 0 Å². The topological polar surface area (TPSA) is 81.0 Å². The highest BCUT2D eigenvalue weighted by Crippen LogP contribution is 2.40. The molecule has 3 heterocycles. The van der Waals surface area contributed by atoms with Crippen LogP contribution in [0.25, 0.3) is 11.0 Å². The summed E-state index contributed by atoms with van der Waals surface area (Å²) in [5, 5.41) is 3.45. The molecule has 6 heteroatoms. The molecule has 2 aromatic rings. The number of H-pyrrole nitrogens is 2. The molecule has 3 N–H and O–H groups in total. The number of imidazole rings is 1. The number of fused-ring (bicyclic) bond motifs is 2. The van der Waals surface area contributed by atoms with Crippen molar-refractivity contribution in [2.45, 2.75) is 18.5 Å². The molecule has 0 bridgehead atoms. The molecule has 0 spiro atoms. The summed E-state index contributed by atoms with van der Waals surface area (Å²) in [5.74, 6) is 0.202. The van der Waals surface area contributed by atoms with Crippen LogP contribution in [0, 0.1) is 0 Å². The van der Waals surface area contributed by atoms with Gasteiger partial charge in [0.15, 0.2) is 0 Å². The van der Waals surface area contributed by atoms with E-state index >= 15 is 0 Å². The molecule has 98 valence electrons. The molecule has 1 atom stereocenters. The second-order valence-electron chi connectivity index (χ2n) is 5.17. The van der Waals surface area contributed by atoms with Gasteiger partial charge in [0.1, 0.15) is 5.66 Å². The lowest BCUT2D eigenvalue weighted by molar-refractivity contribution is -0.130. The Bertz CT molecular complexity index is 732. The SMILES string of the molecule is O=C1CCC2(c3ccc4[nH]c(=O)[nH]c4c3)NCCN12. The zero-order valence-corrected chi connectivity index (χ0v) is 10.3. The van der Waals surface area contributed by atoms with E-state index in [1.807, 2.05) is 23.1 Å². The molecule has 19 heavy (non-hydrogen) atoms. The first-order chi connectivity index (χ1) is 9.19. The zero-order chi connectivity index (χ0) is 13.0. The lowest BCUT2D eigenvalue weighted by Crippen LogP contribution is -2.45. The van der Waals surface area contributed by atoms with E-state index in [1.54, 1.807) is 0 Å². The summed E-state index contributed by atoms with van der Waals surface area (Å²) in [5.41, 5.74) is 2.03. The lowest BCUT2D eigenvalue weighted by Gasteiger charge is -2.32. The van der Waals surface area contributed by atoms with Crippen molar-refractivity contribution in [3.8, 4) is 0 Å². The van der Waals surface area contributed by atoms with Crippen LogP contribution in [0.3, 0.4) is 0 Å². The molecule has 2 aliphatic heterocycles. The fourth-order valence-corrected chi connectivity index (χ4v) is 3.34. The lowest BCUT2D eigenvalue weighted by atomic mass is 9.97. The summed E-state index contributed by atoms with van der Waals surface area (Å²) in [7, 11) is 0. The van der Waals surface area contributed by atoms with Gasteiger partial charge < -0.3 is 14.9 Å². The third kappa shape index (κ3) is 1.34. The number of aromatic nitrogens is 2. The number of carbonyl (C=O) groups excluding carboxylic acids is 1. The van der Waals surface area contributed by atoms with Crippen molar-refractivity contribution in [2.24, 2.45) is 0 Å². The third-order valence-electron chi connectivity index (χ3n) is 4.21. The van der Waals surface area contributed by atoms with Gasteiger partial charge in [-0.15, -0.1) is 0 Å². The van der Waals surface area contributed by atoms with Gasteiger partial charge in [-0.25, -0.2) is 4.79 Å². The van der Waals surface area contributed by atoms with E-state index in [0.29, 0.717) is 6.42 Å². The van der Waals surface area contributed by atoms with Crippen LogP contribution >= 0.6 is 0 Å². The second-order valence-corrected chi connectivity index (χ2v) is 5.17. The molecule has 4 rings (SSSR count). The Morgan fingerprint density at radius 3 is 2.89 bits per heavy atom. The molecule has 1 amide bonds. The first-order valence-corrected chi connectivity index (χ1v) is 6.47. The predicted octanol–water partition coefficient (Wildman–Crippen LogP) is 0.235. The molecule has 1 unspecified atom stereocenters. The van der Waals surface area contributed by atoms with Gasteiger partial charge in [-0.1, -0.05) is 6.07 Å². The zero-order valence-electron chi connectivity index (χ0n) is 10.3. The maximum absolute atomic E-state index is 11.9. The standard InChI is InChI=1S/C13H14N4O2/c18-11-3-4-13(14-5-6-17(11)13)8-1-2-9-10(7-8)16-12(19)15-9/h1-2,7,14H,3-6H2,(H2,15,16,19). The number of aromatic amines is 2. The smallest absolute Gasteiger partial charge is 0.319 e. The van der Waals surface area contributed by atoms with Crippen LogP contribution in [0.4, 0.5) is 0 Å². The van der Waals surface area contributed by atoms with Crippen LogP contribution in [0.1, 0.15) is 18.4 Å². The first kappa shape index (κ1) is 10.8. The minimum Gasteiger partial charge on any atom is -0.319 e. The largest absolute Gasteiger partial charge is 0.323 e. The highest BCUT2D eigenvalue weighted by atomic mass is 16.2. The Balaban J connectivity index is 1.89. The van der Waals surface area contributed by atoms with Crippen molar-refractivity contribution in [3.63, 3.8) is 0 Å². The number of carbonyl (C=O) groups is 1. The van der Waals surface area contributed by atoms with Crippen LogP contribution in [-0.4, -0.2) is 33.9 Å². The minimum atomic E-state index is -0.376. The maximum atomic E-state index is 11.9. The molecule has 6 nitrogen and oxygen atoms in total. The van der Waals surface area contributed by atoms with Crippen LogP contribution in [0.15, 0.2) is 23.0 Å². The van der Waals surface area contributed by atoms with E-state index in [9.17, 15) is 9.59 Å². The number of hydrogen-bond acceptors (Lipinski definition) is 3. The van der Waals surface area contributed by atoms with Gasteiger partial charge in [0, 0.05) is 19.5 Å². The number of rotatable bonds is 1. The Labute approximate surface area is 108 Å². The van der Waals surface area contributed by atoms with Crippen LogP contribution in [0.5, 0.6) is 0 Å². The van der Waals surface area contributed by atoms with Gasteiger partial charge in [-0.3, -0.25) is 10.1 Å². The normalized spacial score (nSPS) is 26.3. The van der Waals surface area contributed by atoms with E-state index in [2.05, 4.69) is 15.3 Å². The van der Waals surface area contributed by atoms with E-state index in [4.69, 9.17) is 0 Å². The number of hydrogen-bond donors (Lipinski definition) is 3. The predicted molar refractivity (Wildman–Crippen MR) is 69.5 cm³/mol. The molecular weight excluding hydrogens is 244 g/mol. The monoisotopic (exact) mass is 258 g/mol. The summed E-state index contributed by atoms with van der Waals surface area (Å²) in [6.45, 7) is 1.56. The van der Waals surface area contributed by atoms with Crippen LogP contribution in [0.2, 0.25) is 0 Å². The summed E-state index contributed by atoms with van der Waals surface area (Å²) in [6, 6.07) is 5.82. The molecule has 1 aromatic carbocycles. The van der Waals surface area contributed by atoms with Crippen molar-refractivity contribution in [1.82, 2.24) is 20.2 Å². The Morgan fingerprint density at radius 2 is 2.00 bits per heavy atom. The first-order valence-electron chi connectivity index (χ1n) is 6.47. The summed E-state index contributed by atoms with van der Waals surface area (Å²) >= 11 is 0. The van der Waals surface area contributed by atoms with E-state index < -0.39 is 0 Å². The van der Waals surface area contributed by atoms with Crippen LogP contribution < -0.4 is 11.0 Å². The van der Waals surface area contributed by atoms with E-state index in [0.717, 1.165) is 36.1 Å². The molecule has 0 saturated carbocycles. The van der Waals surface area contributed by atoms with Crippen molar-refractivity contribution >= 4 is 16.9 Å². The summed E-state index contributed by atoms with van der Waals surface area (Å²) in [4.78, 5) is 30.6. The molecule has 0 aliphatic carbocycles. The fourth-order valence-electron chi connectivity index (χ4n) is 3.34. The number of nitrogens with zero attached hydrogens (tertiary/aromatic N) is 1. The summed E-state index contributed by atoms with van der Waals surface area (Å²) in [6.07, 6.45) is 1.36. The third-order valence-corrected chi connectivity index (χ3v) is 4.21. The van der Waals surface area contributed by atoms with Crippen LogP contribution in [-0.2, 0) is 10.5 Å². The van der Waals surface area contributed by atoms with Crippen molar-refractivity contribution in [1.29, 1.82) is 0 Å². The molecule has 2 aliphatic rings. The van der Waals surface area contributed by atoms with Gasteiger partial charge >= 0.3 is 5.69 Å². The van der Waals surface area contributed by atoms with E-state index in [1.165, 1.54) is 0 Å². The Kier molecular flexibility index (Phi) is 1.98. The molecule has 2 fully saturated rings. The number of nitrogens with one attached hydrogen (secondary N) is 3. The van der Waals surface area contributed by atoms with Crippen molar-refractivity contribution in [2.75, 3.05) is 13.1 Å². The Hall–Kier alpha value is -2.08. The quantitative estimate of drug-likeness (QED) is 0.685. The molecule has 0 radical (unpaired) electrons. The second kappa shape index (κ2) is 3.48. The highest BCUT2D eigenvalue weighted by molar-refractivity contribution is 5.81. The van der Waals surface area contributed by atoms with Gasteiger partial charge in [-0.2, -0.15) is 0 Å². The number of amides is 1. The minimum absolute atomic E-state index is 0.202. The van der Waals surface area contributed by atoms with Gasteiger partial charge in [0.2, 0.25) is 5.91 Å². The van der Waals surface area contributed by atoms with E-state index in [-0.39, 0.29) is 17.3 Å². The average Bonchev–Trinajstić information content (AvgIpc) is 3.03.